The van der Waals surface area contributed by atoms with E-state index in [-0.39, 0.29) is 11.9 Å². The summed E-state index contributed by atoms with van der Waals surface area (Å²) in [5.41, 5.74) is 0.623. The lowest BCUT2D eigenvalue weighted by Gasteiger charge is -2.15. The first-order valence-corrected chi connectivity index (χ1v) is 4.49. The summed E-state index contributed by atoms with van der Waals surface area (Å²) in [5, 5.41) is 3.03. The number of aromatic nitrogens is 1. The first-order chi connectivity index (χ1) is 6.79. The van der Waals surface area contributed by atoms with Crippen molar-refractivity contribution in [2.24, 2.45) is 0 Å². The van der Waals surface area contributed by atoms with Crippen LogP contribution in [0, 0.1) is 18.2 Å². The average molecular weight is 192 g/mol. The maximum absolute atomic E-state index is 13.3. The van der Waals surface area contributed by atoms with Crippen LogP contribution in [0.3, 0.4) is 0 Å². The Morgan fingerprint density at radius 3 is 3.07 bits per heavy atom. The molecule has 1 rings (SSSR count). The van der Waals surface area contributed by atoms with Gasteiger partial charge >= 0.3 is 0 Å². The van der Waals surface area contributed by atoms with E-state index in [1.165, 1.54) is 6.20 Å². The van der Waals surface area contributed by atoms with Crippen LogP contribution < -0.4 is 5.32 Å². The van der Waals surface area contributed by atoms with E-state index in [4.69, 9.17) is 6.42 Å². The minimum absolute atomic E-state index is 0.0333. The van der Waals surface area contributed by atoms with Gasteiger partial charge in [0.25, 0.3) is 0 Å². The van der Waals surface area contributed by atoms with Crippen LogP contribution in [0.2, 0.25) is 0 Å². The number of nitrogens with one attached hydrogen (secondary N) is 1. The maximum atomic E-state index is 13.3. The molecule has 0 radical (unpaired) electrons. The lowest BCUT2D eigenvalue weighted by molar-refractivity contribution is 0.511. The molecule has 1 heterocycles. The van der Waals surface area contributed by atoms with Crippen LogP contribution >= 0.6 is 0 Å². The van der Waals surface area contributed by atoms with Gasteiger partial charge in [-0.25, -0.2) is 4.39 Å². The van der Waals surface area contributed by atoms with E-state index < -0.39 is 0 Å². The molecule has 0 fully saturated rings. The van der Waals surface area contributed by atoms with E-state index in [9.17, 15) is 4.39 Å². The lowest BCUT2D eigenvalue weighted by atomic mass is 10.0. The molecule has 1 aromatic heterocycles. The predicted octanol–water partition coefficient (Wildman–Crippen LogP) is 1.89. The lowest BCUT2D eigenvalue weighted by Crippen LogP contribution is -2.17. The summed E-state index contributed by atoms with van der Waals surface area (Å²) in [6.07, 6.45) is 9.33. The maximum Gasteiger partial charge on any atom is 0.146 e. The Morgan fingerprint density at radius 1 is 1.71 bits per heavy atom. The summed E-state index contributed by atoms with van der Waals surface area (Å²) in [6, 6.07) is 1.64. The standard InChI is InChI=1S/C11H13FN2/c1-3-4-5-11(13-2)9-6-7-14-8-10(9)12/h1,6-8,11,13H,4-5H2,2H3. The third kappa shape index (κ3) is 2.54. The van der Waals surface area contributed by atoms with Crippen LogP contribution in [0.1, 0.15) is 24.4 Å². The Balaban J connectivity index is 2.79. The first kappa shape index (κ1) is 10.7. The summed E-state index contributed by atoms with van der Waals surface area (Å²) in [5.74, 6) is 2.26. The highest BCUT2D eigenvalue weighted by Gasteiger charge is 2.12. The number of terminal acetylenes is 1. The van der Waals surface area contributed by atoms with Gasteiger partial charge in [-0.1, -0.05) is 0 Å². The van der Waals surface area contributed by atoms with E-state index in [0.717, 1.165) is 6.42 Å². The van der Waals surface area contributed by atoms with Crippen molar-refractivity contribution in [1.82, 2.24) is 10.3 Å². The highest BCUT2D eigenvalue weighted by Crippen LogP contribution is 2.19. The largest absolute Gasteiger partial charge is 0.313 e. The SMILES string of the molecule is C#CCCC(NC)c1ccncc1F. The normalized spacial score (nSPS) is 12.1. The third-order valence-electron chi connectivity index (χ3n) is 2.11. The molecule has 0 aliphatic carbocycles. The van der Waals surface area contributed by atoms with Gasteiger partial charge < -0.3 is 5.32 Å². The van der Waals surface area contributed by atoms with E-state index in [1.54, 1.807) is 19.3 Å². The van der Waals surface area contributed by atoms with Crippen molar-refractivity contribution in [2.75, 3.05) is 7.05 Å². The quantitative estimate of drug-likeness (QED) is 0.737. The molecule has 0 bridgehead atoms. The second-order valence-corrected chi connectivity index (χ2v) is 2.98. The molecule has 0 aliphatic rings. The molecular weight excluding hydrogens is 179 g/mol. The smallest absolute Gasteiger partial charge is 0.146 e. The summed E-state index contributed by atoms with van der Waals surface area (Å²) >= 11 is 0. The molecule has 1 N–H and O–H groups in total. The number of hydrogen-bond acceptors (Lipinski definition) is 2. The Hall–Kier alpha value is -1.40. The minimum atomic E-state index is -0.288. The molecule has 1 aromatic rings. The fourth-order valence-corrected chi connectivity index (χ4v) is 1.35. The van der Waals surface area contributed by atoms with Gasteiger partial charge in [0.05, 0.1) is 6.20 Å². The van der Waals surface area contributed by atoms with Crippen molar-refractivity contribution in [3.05, 3.63) is 29.8 Å². The first-order valence-electron chi connectivity index (χ1n) is 4.49. The Bertz CT molecular complexity index is 330. The van der Waals surface area contributed by atoms with Gasteiger partial charge in [-0.2, -0.15) is 0 Å². The molecule has 74 valence electrons. The summed E-state index contributed by atoms with van der Waals surface area (Å²) < 4.78 is 13.3. The summed E-state index contributed by atoms with van der Waals surface area (Å²) in [4.78, 5) is 3.70. The fourth-order valence-electron chi connectivity index (χ4n) is 1.35. The zero-order valence-corrected chi connectivity index (χ0v) is 8.13. The highest BCUT2D eigenvalue weighted by atomic mass is 19.1. The number of hydrogen-bond donors (Lipinski definition) is 1. The Labute approximate surface area is 83.6 Å². The van der Waals surface area contributed by atoms with Crippen LogP contribution in [0.25, 0.3) is 0 Å². The van der Waals surface area contributed by atoms with Crippen LogP contribution in [-0.4, -0.2) is 12.0 Å². The van der Waals surface area contributed by atoms with Crippen molar-refractivity contribution < 1.29 is 4.39 Å². The third-order valence-corrected chi connectivity index (χ3v) is 2.11. The molecule has 0 spiro atoms. The van der Waals surface area contributed by atoms with Gasteiger partial charge in [0.1, 0.15) is 5.82 Å². The van der Waals surface area contributed by atoms with E-state index in [1.807, 2.05) is 0 Å². The fraction of sp³-hybridized carbons (Fsp3) is 0.364. The molecule has 0 saturated carbocycles. The van der Waals surface area contributed by atoms with Gasteiger partial charge in [0, 0.05) is 24.2 Å². The van der Waals surface area contributed by atoms with Crippen LogP contribution in [0.4, 0.5) is 4.39 Å². The zero-order chi connectivity index (χ0) is 10.4. The molecule has 0 aliphatic heterocycles. The Morgan fingerprint density at radius 2 is 2.50 bits per heavy atom. The van der Waals surface area contributed by atoms with E-state index in [2.05, 4.69) is 16.2 Å². The van der Waals surface area contributed by atoms with Crippen LogP contribution in [0.15, 0.2) is 18.5 Å². The van der Waals surface area contributed by atoms with Crippen LogP contribution in [0.5, 0.6) is 0 Å². The second kappa shape index (κ2) is 5.36. The molecule has 0 amide bonds. The molecule has 0 saturated heterocycles. The van der Waals surface area contributed by atoms with Crippen molar-refractivity contribution >= 4 is 0 Å². The molecule has 1 atom stereocenters. The van der Waals surface area contributed by atoms with Crippen molar-refractivity contribution in [2.45, 2.75) is 18.9 Å². The minimum Gasteiger partial charge on any atom is -0.313 e. The predicted molar refractivity (Wildman–Crippen MR) is 54.1 cm³/mol. The number of nitrogens with zero attached hydrogens (tertiary/aromatic N) is 1. The van der Waals surface area contributed by atoms with Gasteiger partial charge in [0.2, 0.25) is 0 Å². The van der Waals surface area contributed by atoms with Gasteiger partial charge in [0.15, 0.2) is 0 Å². The zero-order valence-electron chi connectivity index (χ0n) is 8.13. The number of pyridine rings is 1. The molecule has 14 heavy (non-hydrogen) atoms. The highest BCUT2D eigenvalue weighted by molar-refractivity contribution is 5.17. The van der Waals surface area contributed by atoms with Gasteiger partial charge in [-0.15, -0.1) is 12.3 Å². The summed E-state index contributed by atoms with van der Waals surface area (Å²) in [6.45, 7) is 0. The van der Waals surface area contributed by atoms with Crippen molar-refractivity contribution in [1.29, 1.82) is 0 Å². The second-order valence-electron chi connectivity index (χ2n) is 2.98. The monoisotopic (exact) mass is 192 g/mol. The molecule has 0 aromatic carbocycles. The van der Waals surface area contributed by atoms with Crippen molar-refractivity contribution in [3.8, 4) is 12.3 Å². The molecule has 2 nitrogen and oxygen atoms in total. The number of halogens is 1. The molecular formula is C11H13FN2. The average Bonchev–Trinajstić information content (AvgIpc) is 2.21. The van der Waals surface area contributed by atoms with Gasteiger partial charge in [-0.3, -0.25) is 4.98 Å². The molecule has 1 unspecified atom stereocenters. The summed E-state index contributed by atoms with van der Waals surface area (Å²) in [7, 11) is 1.79. The van der Waals surface area contributed by atoms with E-state index in [0.29, 0.717) is 12.0 Å². The van der Waals surface area contributed by atoms with E-state index >= 15 is 0 Å². The van der Waals surface area contributed by atoms with Crippen LogP contribution in [-0.2, 0) is 0 Å². The topological polar surface area (TPSA) is 24.9 Å². The Kier molecular flexibility index (Phi) is 4.09. The van der Waals surface area contributed by atoms with Gasteiger partial charge in [-0.05, 0) is 19.5 Å². The molecule has 3 heteroatoms. The van der Waals surface area contributed by atoms with Crippen molar-refractivity contribution in [3.63, 3.8) is 0 Å². The number of rotatable bonds is 4.